The van der Waals surface area contributed by atoms with Gasteiger partial charge in [0.2, 0.25) is 0 Å². The maximum absolute atomic E-state index is 13.8. The van der Waals surface area contributed by atoms with Gasteiger partial charge in [-0.25, -0.2) is 23.7 Å². The van der Waals surface area contributed by atoms with Gasteiger partial charge in [-0.15, -0.1) is 0 Å². The van der Waals surface area contributed by atoms with Crippen LogP contribution < -0.4 is 5.43 Å². The van der Waals surface area contributed by atoms with E-state index < -0.39 is 0 Å². The standard InChI is InChI=1S/C27H19FN6O/c28-20-10-6-7-18(13-20)16-33-26-22(15-30-33)21(14-24(31-26)19-8-2-1-3-9-19)27(35)32-34-17-29-23-11-4-5-12-25(23)34/h1-15,17H,16H2,(H,32,35). The molecule has 0 aliphatic heterocycles. The molecule has 0 unspecified atom stereocenters. The molecule has 0 aliphatic rings. The van der Waals surface area contributed by atoms with E-state index in [9.17, 15) is 9.18 Å². The summed E-state index contributed by atoms with van der Waals surface area (Å²) in [7, 11) is 0. The summed E-state index contributed by atoms with van der Waals surface area (Å²) < 4.78 is 17.0. The Bertz CT molecular complexity index is 1690. The largest absolute Gasteiger partial charge is 0.271 e. The predicted molar refractivity (Wildman–Crippen MR) is 132 cm³/mol. The fraction of sp³-hybridized carbons (Fsp3) is 0.0370. The number of hydrogen-bond acceptors (Lipinski definition) is 4. The van der Waals surface area contributed by atoms with E-state index in [1.54, 1.807) is 34.0 Å². The number of nitrogens with one attached hydrogen (secondary N) is 1. The molecule has 0 bridgehead atoms. The number of carbonyl (C=O) groups excluding carboxylic acids is 1. The van der Waals surface area contributed by atoms with Crippen molar-refractivity contribution >= 4 is 28.0 Å². The fourth-order valence-electron chi connectivity index (χ4n) is 4.13. The molecule has 3 heterocycles. The van der Waals surface area contributed by atoms with Crippen molar-refractivity contribution in [3.05, 3.63) is 114 Å². The monoisotopic (exact) mass is 462 g/mol. The van der Waals surface area contributed by atoms with Crippen molar-refractivity contribution in [2.45, 2.75) is 6.54 Å². The molecule has 0 aliphatic carbocycles. The third kappa shape index (κ3) is 3.91. The van der Waals surface area contributed by atoms with E-state index in [-0.39, 0.29) is 11.7 Å². The molecule has 7 nitrogen and oxygen atoms in total. The average molecular weight is 462 g/mol. The molecule has 3 aromatic carbocycles. The highest BCUT2D eigenvalue weighted by Gasteiger charge is 2.19. The first-order valence-electron chi connectivity index (χ1n) is 11.1. The Kier molecular flexibility index (Phi) is 5.03. The van der Waals surface area contributed by atoms with Crippen LogP contribution in [0.5, 0.6) is 0 Å². The summed E-state index contributed by atoms with van der Waals surface area (Å²) in [5.41, 5.74) is 7.71. The zero-order valence-corrected chi connectivity index (χ0v) is 18.5. The number of para-hydroxylation sites is 2. The zero-order valence-electron chi connectivity index (χ0n) is 18.5. The molecule has 6 aromatic rings. The van der Waals surface area contributed by atoms with E-state index >= 15 is 0 Å². The molecule has 8 heteroatoms. The molecule has 0 saturated carbocycles. The summed E-state index contributed by atoms with van der Waals surface area (Å²) >= 11 is 0. The van der Waals surface area contributed by atoms with E-state index in [0.29, 0.717) is 28.8 Å². The van der Waals surface area contributed by atoms with Gasteiger partial charge in [0.1, 0.15) is 12.1 Å². The fourth-order valence-corrected chi connectivity index (χ4v) is 4.13. The Balaban J connectivity index is 1.46. The first kappa shape index (κ1) is 20.7. The van der Waals surface area contributed by atoms with Gasteiger partial charge in [-0.2, -0.15) is 5.10 Å². The molecule has 1 N–H and O–H groups in total. The molecule has 3 aromatic heterocycles. The third-order valence-electron chi connectivity index (χ3n) is 5.82. The lowest BCUT2D eigenvalue weighted by Crippen LogP contribution is -2.22. The lowest BCUT2D eigenvalue weighted by molar-refractivity contribution is 0.101. The molecule has 0 fully saturated rings. The number of benzene rings is 3. The van der Waals surface area contributed by atoms with Gasteiger partial charge in [0.15, 0.2) is 5.65 Å². The van der Waals surface area contributed by atoms with Crippen molar-refractivity contribution in [1.82, 2.24) is 24.4 Å². The molecular weight excluding hydrogens is 443 g/mol. The number of pyridine rings is 1. The van der Waals surface area contributed by atoms with Crippen LogP contribution in [0.2, 0.25) is 0 Å². The van der Waals surface area contributed by atoms with Crippen molar-refractivity contribution in [2.75, 3.05) is 5.43 Å². The van der Waals surface area contributed by atoms with Crippen molar-refractivity contribution in [1.29, 1.82) is 0 Å². The number of imidazole rings is 1. The number of nitrogens with zero attached hydrogens (tertiary/aromatic N) is 5. The van der Waals surface area contributed by atoms with Crippen molar-refractivity contribution < 1.29 is 9.18 Å². The van der Waals surface area contributed by atoms with Crippen LogP contribution in [0.15, 0.2) is 97.5 Å². The lowest BCUT2D eigenvalue weighted by atomic mass is 10.1. The topological polar surface area (TPSA) is 77.6 Å². The summed E-state index contributed by atoms with van der Waals surface area (Å²) in [6, 6.07) is 25.3. The first-order chi connectivity index (χ1) is 17.2. The second-order valence-corrected chi connectivity index (χ2v) is 8.13. The quantitative estimate of drug-likeness (QED) is 0.390. The smallest absolute Gasteiger partial charge is 0.267 e. The number of carbonyl (C=O) groups is 1. The van der Waals surface area contributed by atoms with Gasteiger partial charge < -0.3 is 0 Å². The average Bonchev–Trinajstić information content (AvgIpc) is 3.48. The number of amides is 1. The minimum absolute atomic E-state index is 0.315. The van der Waals surface area contributed by atoms with Gasteiger partial charge in [-0.05, 0) is 35.9 Å². The number of hydrogen-bond donors (Lipinski definition) is 1. The second kappa shape index (κ2) is 8.49. The molecule has 6 rings (SSSR count). The van der Waals surface area contributed by atoms with Crippen molar-refractivity contribution in [3.63, 3.8) is 0 Å². The van der Waals surface area contributed by atoms with Gasteiger partial charge in [-0.1, -0.05) is 54.6 Å². The molecule has 1 amide bonds. The molecule has 35 heavy (non-hydrogen) atoms. The summed E-state index contributed by atoms with van der Waals surface area (Å²) in [4.78, 5) is 22.7. The Labute approximate surface area is 199 Å². The Morgan fingerprint density at radius 1 is 0.943 bits per heavy atom. The van der Waals surface area contributed by atoms with E-state index in [2.05, 4.69) is 15.5 Å². The molecule has 0 spiro atoms. The second-order valence-electron chi connectivity index (χ2n) is 8.13. The van der Waals surface area contributed by atoms with Crippen LogP contribution >= 0.6 is 0 Å². The number of halogens is 1. The molecule has 0 saturated heterocycles. The van der Waals surface area contributed by atoms with Crippen LogP contribution in [-0.4, -0.2) is 30.3 Å². The van der Waals surface area contributed by atoms with Crippen LogP contribution in [0.25, 0.3) is 33.3 Å². The van der Waals surface area contributed by atoms with Gasteiger partial charge >= 0.3 is 0 Å². The Morgan fingerprint density at radius 2 is 1.77 bits per heavy atom. The normalized spacial score (nSPS) is 11.2. The SMILES string of the molecule is O=C(Nn1cnc2ccccc21)c1cc(-c2ccccc2)nc2c1cnn2Cc1cccc(F)c1. The van der Waals surface area contributed by atoms with Crippen LogP contribution in [-0.2, 0) is 6.54 Å². The minimum atomic E-state index is -0.317. The molecule has 0 atom stereocenters. The van der Waals surface area contributed by atoms with Gasteiger partial charge in [-0.3, -0.25) is 10.2 Å². The van der Waals surface area contributed by atoms with Gasteiger partial charge in [0.25, 0.3) is 5.91 Å². The van der Waals surface area contributed by atoms with Crippen LogP contribution in [0.1, 0.15) is 15.9 Å². The maximum atomic E-state index is 13.8. The van der Waals surface area contributed by atoms with Crippen LogP contribution in [0, 0.1) is 5.82 Å². The van der Waals surface area contributed by atoms with Gasteiger partial charge in [0.05, 0.1) is 40.4 Å². The molecular formula is C27H19FN6O. The van der Waals surface area contributed by atoms with E-state index in [4.69, 9.17) is 4.98 Å². The molecule has 0 radical (unpaired) electrons. The summed E-state index contributed by atoms with van der Waals surface area (Å²) in [5.74, 6) is -0.632. The van der Waals surface area contributed by atoms with Crippen molar-refractivity contribution in [3.8, 4) is 11.3 Å². The number of rotatable bonds is 5. The van der Waals surface area contributed by atoms with Crippen LogP contribution in [0.3, 0.4) is 0 Å². The highest BCUT2D eigenvalue weighted by molar-refractivity contribution is 6.10. The predicted octanol–water partition coefficient (Wildman–Crippen LogP) is 5.02. The van der Waals surface area contributed by atoms with Crippen LogP contribution in [0.4, 0.5) is 4.39 Å². The minimum Gasteiger partial charge on any atom is -0.267 e. The van der Waals surface area contributed by atoms with Crippen molar-refractivity contribution in [2.24, 2.45) is 0 Å². The number of fused-ring (bicyclic) bond motifs is 2. The summed E-state index contributed by atoms with van der Waals surface area (Å²) in [6.45, 7) is 0.319. The first-order valence-corrected chi connectivity index (χ1v) is 11.1. The Morgan fingerprint density at radius 3 is 2.63 bits per heavy atom. The van der Waals surface area contributed by atoms with E-state index in [0.717, 1.165) is 22.2 Å². The molecule has 170 valence electrons. The third-order valence-corrected chi connectivity index (χ3v) is 5.82. The Hall–Kier alpha value is -4.85. The highest BCUT2D eigenvalue weighted by Crippen LogP contribution is 2.26. The van der Waals surface area contributed by atoms with E-state index in [1.807, 2.05) is 60.7 Å². The van der Waals surface area contributed by atoms with Gasteiger partial charge in [0, 0.05) is 5.56 Å². The highest BCUT2D eigenvalue weighted by atomic mass is 19.1. The lowest BCUT2D eigenvalue weighted by Gasteiger charge is -2.11. The summed E-state index contributed by atoms with van der Waals surface area (Å²) in [6.07, 6.45) is 3.20. The zero-order chi connectivity index (χ0) is 23.8. The number of aromatic nitrogens is 5. The van der Waals surface area contributed by atoms with E-state index in [1.165, 1.54) is 12.1 Å². The summed E-state index contributed by atoms with van der Waals surface area (Å²) in [5, 5.41) is 5.08. The maximum Gasteiger partial charge on any atom is 0.271 e.